The Morgan fingerprint density at radius 2 is 1.86 bits per heavy atom. The Bertz CT molecular complexity index is 974. The van der Waals surface area contributed by atoms with E-state index in [1.54, 1.807) is 23.1 Å². The maximum Gasteiger partial charge on any atom is 0.261 e. The monoisotopic (exact) mass is 442 g/mol. The molecule has 0 bridgehead atoms. The van der Waals surface area contributed by atoms with E-state index in [4.69, 9.17) is 23.2 Å². The van der Waals surface area contributed by atoms with Crippen molar-refractivity contribution in [2.75, 3.05) is 37.4 Å². The number of nitrogens with one attached hydrogen (secondary N) is 2. The second kappa shape index (κ2) is 8.69. The number of anilines is 1. The van der Waals surface area contributed by atoms with Gasteiger partial charge < -0.3 is 9.80 Å². The van der Waals surface area contributed by atoms with Crippen LogP contribution in [0.3, 0.4) is 0 Å². The average molecular weight is 443 g/mol. The highest BCUT2D eigenvalue weighted by atomic mass is 35.5. The Morgan fingerprint density at radius 3 is 2.54 bits per heavy atom. The van der Waals surface area contributed by atoms with Crippen molar-refractivity contribution in [1.82, 2.24) is 4.90 Å². The second-order valence-electron chi connectivity index (χ2n) is 6.65. The number of sulfonamides is 1. The number of quaternary nitrogens is 1. The second-order valence-corrected chi connectivity index (χ2v) is 9.18. The molecule has 0 radical (unpaired) electrons. The van der Waals surface area contributed by atoms with E-state index < -0.39 is 10.0 Å². The smallest absolute Gasteiger partial charge is 0.261 e. The molecule has 1 amide bonds. The molecule has 1 fully saturated rings. The van der Waals surface area contributed by atoms with Crippen LogP contribution < -0.4 is 9.62 Å². The summed E-state index contributed by atoms with van der Waals surface area (Å²) in [6, 6.07) is 10.5. The first kappa shape index (κ1) is 20.9. The summed E-state index contributed by atoms with van der Waals surface area (Å²) in [5.74, 6) is -0.159. The normalized spacial score (nSPS) is 15.5. The third-order valence-electron chi connectivity index (χ3n) is 4.82. The van der Waals surface area contributed by atoms with E-state index in [1.165, 1.54) is 29.2 Å². The minimum absolute atomic E-state index is 0.00721. The summed E-state index contributed by atoms with van der Waals surface area (Å²) in [6.07, 6.45) is 0. The van der Waals surface area contributed by atoms with Crippen LogP contribution in [0, 0.1) is 0 Å². The van der Waals surface area contributed by atoms with Gasteiger partial charge >= 0.3 is 0 Å². The number of nitrogens with zero attached hydrogens (tertiary/aromatic N) is 1. The molecular formula is C19H22Cl2N3O3S+. The summed E-state index contributed by atoms with van der Waals surface area (Å²) in [7, 11) is -3.92. The quantitative estimate of drug-likeness (QED) is 0.744. The van der Waals surface area contributed by atoms with E-state index in [9.17, 15) is 13.2 Å². The molecule has 1 aliphatic rings. The number of benzene rings is 2. The predicted octanol–water partition coefficient (Wildman–Crippen LogP) is 2.15. The van der Waals surface area contributed by atoms with Gasteiger partial charge in [0.25, 0.3) is 15.9 Å². The van der Waals surface area contributed by atoms with E-state index in [2.05, 4.69) is 11.6 Å². The highest BCUT2D eigenvalue weighted by molar-refractivity contribution is 7.92. The maximum absolute atomic E-state index is 12.8. The number of carbonyl (C=O) groups excluding carboxylic acids is 1. The third kappa shape index (κ3) is 4.78. The molecule has 1 heterocycles. The largest absolute Gasteiger partial charge is 0.332 e. The van der Waals surface area contributed by atoms with Gasteiger partial charge in [0.05, 0.1) is 48.3 Å². The van der Waals surface area contributed by atoms with Gasteiger partial charge in [-0.1, -0.05) is 29.3 Å². The van der Waals surface area contributed by atoms with Gasteiger partial charge in [0.15, 0.2) is 0 Å². The molecule has 2 N–H and O–H groups in total. The molecule has 3 rings (SSSR count). The number of hydrogen-bond acceptors (Lipinski definition) is 3. The van der Waals surface area contributed by atoms with E-state index >= 15 is 0 Å². The molecule has 0 saturated carbocycles. The number of hydrogen-bond donors (Lipinski definition) is 2. The zero-order valence-electron chi connectivity index (χ0n) is 15.4. The van der Waals surface area contributed by atoms with Crippen LogP contribution >= 0.6 is 23.2 Å². The van der Waals surface area contributed by atoms with Crippen molar-refractivity contribution in [2.24, 2.45) is 0 Å². The predicted molar refractivity (Wildman–Crippen MR) is 111 cm³/mol. The zero-order valence-corrected chi connectivity index (χ0v) is 17.7. The van der Waals surface area contributed by atoms with Crippen LogP contribution in [0.25, 0.3) is 0 Å². The van der Waals surface area contributed by atoms with E-state index in [0.29, 0.717) is 23.7 Å². The molecule has 6 nitrogen and oxygen atoms in total. The third-order valence-corrected chi connectivity index (χ3v) is 6.75. The number of amides is 1. The van der Waals surface area contributed by atoms with Gasteiger partial charge in [-0.3, -0.25) is 9.52 Å². The van der Waals surface area contributed by atoms with Crippen molar-refractivity contribution in [3.63, 3.8) is 0 Å². The molecule has 2 aromatic carbocycles. The number of piperazine rings is 1. The van der Waals surface area contributed by atoms with Gasteiger partial charge in [0.2, 0.25) is 0 Å². The van der Waals surface area contributed by atoms with E-state index in [-0.39, 0.29) is 21.5 Å². The lowest BCUT2D eigenvalue weighted by Crippen LogP contribution is -3.14. The molecule has 0 aliphatic carbocycles. The molecular weight excluding hydrogens is 421 g/mol. The van der Waals surface area contributed by atoms with Gasteiger partial charge in [-0.2, -0.15) is 0 Å². The number of carbonyl (C=O) groups is 1. The topological polar surface area (TPSA) is 70.9 Å². The first-order chi connectivity index (χ1) is 13.3. The Balaban J connectivity index is 1.80. The van der Waals surface area contributed by atoms with Crippen molar-refractivity contribution in [3.05, 3.63) is 58.1 Å². The van der Waals surface area contributed by atoms with Gasteiger partial charge in [-0.25, -0.2) is 8.42 Å². The standard InChI is InChI=1S/C19H21Cl2N3O3S/c1-2-23-8-10-24(11-9-23)19(25)14-4-3-5-16(12-14)28(26,27)22-18-13-15(20)6-7-17(18)21/h3-7,12-13,22H,2,8-11H2,1H3/p+1. The lowest BCUT2D eigenvalue weighted by Gasteiger charge is -2.31. The highest BCUT2D eigenvalue weighted by Gasteiger charge is 2.25. The average Bonchev–Trinajstić information content (AvgIpc) is 2.70. The zero-order chi connectivity index (χ0) is 20.3. The molecule has 28 heavy (non-hydrogen) atoms. The van der Waals surface area contributed by atoms with Crippen LogP contribution in [-0.4, -0.2) is 51.9 Å². The van der Waals surface area contributed by atoms with Crippen LogP contribution in [0.15, 0.2) is 47.4 Å². The molecule has 1 saturated heterocycles. The van der Waals surface area contributed by atoms with Gasteiger partial charge in [-0.15, -0.1) is 0 Å². The van der Waals surface area contributed by atoms with Crippen molar-refractivity contribution < 1.29 is 18.1 Å². The van der Waals surface area contributed by atoms with Crippen LogP contribution in [0.1, 0.15) is 17.3 Å². The number of likely N-dealkylation sites (N-methyl/N-ethyl adjacent to an activating group) is 1. The summed E-state index contributed by atoms with van der Waals surface area (Å²) >= 11 is 12.0. The molecule has 0 atom stereocenters. The summed E-state index contributed by atoms with van der Waals surface area (Å²) < 4.78 is 27.9. The fourth-order valence-electron chi connectivity index (χ4n) is 3.14. The van der Waals surface area contributed by atoms with Crippen LogP contribution in [0.5, 0.6) is 0 Å². The van der Waals surface area contributed by atoms with Crippen LogP contribution in [-0.2, 0) is 10.0 Å². The summed E-state index contributed by atoms with van der Waals surface area (Å²) in [5.41, 5.74) is 0.532. The van der Waals surface area contributed by atoms with Gasteiger partial charge in [0.1, 0.15) is 0 Å². The molecule has 0 aromatic heterocycles. The lowest BCUT2D eigenvalue weighted by molar-refractivity contribution is -0.902. The Hall–Kier alpha value is -1.80. The minimum Gasteiger partial charge on any atom is -0.332 e. The van der Waals surface area contributed by atoms with Crippen LogP contribution in [0.2, 0.25) is 10.0 Å². The SMILES string of the molecule is CC[NH+]1CCN(C(=O)c2cccc(S(=O)(=O)Nc3cc(Cl)ccc3Cl)c2)CC1. The number of halogens is 2. The highest BCUT2D eigenvalue weighted by Crippen LogP contribution is 2.28. The van der Waals surface area contributed by atoms with Crippen molar-refractivity contribution in [2.45, 2.75) is 11.8 Å². The van der Waals surface area contributed by atoms with Gasteiger partial charge in [-0.05, 0) is 43.3 Å². The molecule has 2 aromatic rings. The number of rotatable bonds is 5. The molecule has 0 spiro atoms. The molecule has 150 valence electrons. The summed E-state index contributed by atoms with van der Waals surface area (Å²) in [6.45, 7) is 6.28. The van der Waals surface area contributed by atoms with Crippen LogP contribution in [0.4, 0.5) is 5.69 Å². The maximum atomic E-state index is 12.8. The summed E-state index contributed by atoms with van der Waals surface area (Å²) in [5, 5.41) is 0.593. The minimum atomic E-state index is -3.92. The lowest BCUT2D eigenvalue weighted by atomic mass is 10.2. The van der Waals surface area contributed by atoms with E-state index in [0.717, 1.165) is 19.6 Å². The molecule has 1 aliphatic heterocycles. The Morgan fingerprint density at radius 1 is 1.14 bits per heavy atom. The molecule has 0 unspecified atom stereocenters. The fraction of sp³-hybridized carbons (Fsp3) is 0.316. The van der Waals surface area contributed by atoms with Crippen molar-refractivity contribution in [3.8, 4) is 0 Å². The Kier molecular flexibility index (Phi) is 6.50. The first-order valence-corrected chi connectivity index (χ1v) is 11.2. The van der Waals surface area contributed by atoms with E-state index in [1.807, 2.05) is 0 Å². The first-order valence-electron chi connectivity index (χ1n) is 9.01. The van der Waals surface area contributed by atoms with Crippen molar-refractivity contribution >= 4 is 44.8 Å². The van der Waals surface area contributed by atoms with Crippen molar-refractivity contribution in [1.29, 1.82) is 0 Å². The molecule has 9 heteroatoms. The Labute approximate surface area is 175 Å². The summed E-state index contributed by atoms with van der Waals surface area (Å²) in [4.78, 5) is 16.0. The fourth-order valence-corrected chi connectivity index (χ4v) is 4.65. The van der Waals surface area contributed by atoms with Gasteiger partial charge in [0, 0.05) is 10.6 Å².